The summed E-state index contributed by atoms with van der Waals surface area (Å²) >= 11 is 1.87. The predicted molar refractivity (Wildman–Crippen MR) is 87.0 cm³/mol. The molecule has 0 aliphatic rings. The van der Waals surface area contributed by atoms with Crippen LogP contribution < -0.4 is 5.32 Å². The number of rotatable bonds is 6. The first-order valence-electron chi connectivity index (χ1n) is 7.26. The van der Waals surface area contributed by atoms with Gasteiger partial charge in [-0.25, -0.2) is 0 Å². The molecule has 1 heterocycles. The second kappa shape index (κ2) is 6.53. The minimum atomic E-state index is 0.580. The molecule has 0 fully saturated rings. The van der Waals surface area contributed by atoms with Crippen molar-refractivity contribution < 1.29 is 0 Å². The van der Waals surface area contributed by atoms with Gasteiger partial charge in [0.05, 0.1) is 0 Å². The zero-order chi connectivity index (χ0) is 13.8. The molecular weight excluding hydrogens is 250 g/mol. The second-order valence-electron chi connectivity index (χ2n) is 5.98. The van der Waals surface area contributed by atoms with Gasteiger partial charge in [-0.15, -0.1) is 11.3 Å². The molecule has 1 aromatic heterocycles. The van der Waals surface area contributed by atoms with Crippen LogP contribution in [-0.4, -0.2) is 12.6 Å². The van der Waals surface area contributed by atoms with Crippen LogP contribution in [0.25, 0.3) is 10.1 Å². The molecule has 2 unspecified atom stereocenters. The number of hydrogen-bond donors (Lipinski definition) is 1. The molecule has 0 saturated carbocycles. The monoisotopic (exact) mass is 275 g/mol. The standard InChI is InChI=1S/C17H25NS/c1-12(2)18-10-14(4)13(3)9-15-11-19-17-8-6-5-7-16(15)17/h5-8,11-14,18H,9-10H2,1-4H3. The third kappa shape index (κ3) is 3.80. The lowest BCUT2D eigenvalue weighted by molar-refractivity contribution is 0.355. The maximum absolute atomic E-state index is 3.55. The molecule has 0 bridgehead atoms. The summed E-state index contributed by atoms with van der Waals surface area (Å²) in [6.45, 7) is 10.3. The third-order valence-corrected chi connectivity index (χ3v) is 4.93. The van der Waals surface area contributed by atoms with E-state index in [-0.39, 0.29) is 0 Å². The zero-order valence-electron chi connectivity index (χ0n) is 12.4. The second-order valence-corrected chi connectivity index (χ2v) is 6.89. The summed E-state index contributed by atoms with van der Waals surface area (Å²) in [4.78, 5) is 0. The molecule has 1 aromatic carbocycles. The lowest BCUT2D eigenvalue weighted by atomic mass is 9.89. The summed E-state index contributed by atoms with van der Waals surface area (Å²) in [7, 11) is 0. The van der Waals surface area contributed by atoms with Crippen molar-refractivity contribution in [2.45, 2.75) is 40.2 Å². The van der Waals surface area contributed by atoms with Crippen LogP contribution in [0, 0.1) is 11.8 Å². The van der Waals surface area contributed by atoms with Gasteiger partial charge in [-0.1, -0.05) is 45.9 Å². The summed E-state index contributed by atoms with van der Waals surface area (Å²) in [5.74, 6) is 1.42. The first-order chi connectivity index (χ1) is 9.08. The van der Waals surface area contributed by atoms with E-state index in [1.165, 1.54) is 22.1 Å². The maximum Gasteiger partial charge on any atom is 0.0345 e. The van der Waals surface area contributed by atoms with E-state index in [1.807, 2.05) is 11.3 Å². The van der Waals surface area contributed by atoms with Crippen LogP contribution in [0.3, 0.4) is 0 Å². The Morgan fingerprint density at radius 3 is 2.53 bits per heavy atom. The molecule has 2 heteroatoms. The lowest BCUT2D eigenvalue weighted by Gasteiger charge is -2.21. The predicted octanol–water partition coefficient (Wildman–Crippen LogP) is 4.71. The Bertz CT molecular complexity index is 515. The molecule has 0 spiro atoms. The first-order valence-corrected chi connectivity index (χ1v) is 8.14. The van der Waals surface area contributed by atoms with E-state index in [2.05, 4.69) is 62.7 Å². The van der Waals surface area contributed by atoms with Gasteiger partial charge in [0, 0.05) is 10.7 Å². The number of fused-ring (bicyclic) bond motifs is 1. The molecule has 0 aliphatic heterocycles. The fourth-order valence-electron chi connectivity index (χ4n) is 2.36. The highest BCUT2D eigenvalue weighted by molar-refractivity contribution is 7.17. The van der Waals surface area contributed by atoms with Crippen molar-refractivity contribution in [3.05, 3.63) is 35.2 Å². The first kappa shape index (κ1) is 14.5. The fourth-order valence-corrected chi connectivity index (χ4v) is 3.34. The van der Waals surface area contributed by atoms with Gasteiger partial charge in [0.1, 0.15) is 0 Å². The van der Waals surface area contributed by atoms with Gasteiger partial charge in [0.25, 0.3) is 0 Å². The normalized spacial score (nSPS) is 15.0. The van der Waals surface area contributed by atoms with Gasteiger partial charge < -0.3 is 5.32 Å². The summed E-state index contributed by atoms with van der Waals surface area (Å²) in [6, 6.07) is 9.33. The highest BCUT2D eigenvalue weighted by Crippen LogP contribution is 2.29. The van der Waals surface area contributed by atoms with Crippen molar-refractivity contribution in [1.29, 1.82) is 0 Å². The van der Waals surface area contributed by atoms with Crippen LogP contribution in [0.1, 0.15) is 33.3 Å². The Kier molecular flexibility index (Phi) is 5.00. The molecule has 0 radical (unpaired) electrons. The van der Waals surface area contributed by atoms with Crippen LogP contribution >= 0.6 is 11.3 Å². The minimum Gasteiger partial charge on any atom is -0.314 e. The Morgan fingerprint density at radius 2 is 1.79 bits per heavy atom. The van der Waals surface area contributed by atoms with E-state index in [9.17, 15) is 0 Å². The largest absolute Gasteiger partial charge is 0.314 e. The molecular formula is C17H25NS. The minimum absolute atomic E-state index is 0.580. The smallest absolute Gasteiger partial charge is 0.0345 e. The van der Waals surface area contributed by atoms with E-state index < -0.39 is 0 Å². The molecule has 1 N–H and O–H groups in total. The summed E-state index contributed by atoms with van der Waals surface area (Å²) in [5, 5.41) is 7.33. The lowest BCUT2D eigenvalue weighted by Crippen LogP contribution is -2.31. The molecule has 0 aliphatic carbocycles. The zero-order valence-corrected chi connectivity index (χ0v) is 13.3. The maximum atomic E-state index is 3.55. The molecule has 1 nitrogen and oxygen atoms in total. The third-order valence-electron chi connectivity index (χ3n) is 3.92. The summed E-state index contributed by atoms with van der Waals surface area (Å²) in [6.07, 6.45) is 1.19. The van der Waals surface area contributed by atoms with E-state index >= 15 is 0 Å². The van der Waals surface area contributed by atoms with Crippen LogP contribution in [0.5, 0.6) is 0 Å². The number of hydrogen-bond acceptors (Lipinski definition) is 2. The van der Waals surface area contributed by atoms with Crippen LogP contribution in [-0.2, 0) is 6.42 Å². The highest BCUT2D eigenvalue weighted by atomic mass is 32.1. The molecule has 19 heavy (non-hydrogen) atoms. The fraction of sp³-hybridized carbons (Fsp3) is 0.529. The van der Waals surface area contributed by atoms with Crippen molar-refractivity contribution in [2.75, 3.05) is 6.54 Å². The molecule has 104 valence electrons. The van der Waals surface area contributed by atoms with E-state index in [4.69, 9.17) is 0 Å². The van der Waals surface area contributed by atoms with E-state index in [0.29, 0.717) is 17.9 Å². The van der Waals surface area contributed by atoms with Crippen LogP contribution in [0.2, 0.25) is 0 Å². The van der Waals surface area contributed by atoms with Gasteiger partial charge in [0.15, 0.2) is 0 Å². The van der Waals surface area contributed by atoms with Gasteiger partial charge in [-0.3, -0.25) is 0 Å². The van der Waals surface area contributed by atoms with Crippen molar-refractivity contribution in [3.63, 3.8) is 0 Å². The topological polar surface area (TPSA) is 12.0 Å². The molecule has 0 saturated heterocycles. The molecule has 2 aromatic rings. The summed E-state index contributed by atoms with van der Waals surface area (Å²) < 4.78 is 1.41. The quantitative estimate of drug-likeness (QED) is 0.804. The Balaban J connectivity index is 2.00. The Hall–Kier alpha value is -0.860. The molecule has 2 rings (SSSR count). The van der Waals surface area contributed by atoms with Gasteiger partial charge in [-0.2, -0.15) is 0 Å². The van der Waals surface area contributed by atoms with Crippen molar-refractivity contribution in [2.24, 2.45) is 11.8 Å². The number of benzene rings is 1. The Morgan fingerprint density at radius 1 is 1.05 bits per heavy atom. The van der Waals surface area contributed by atoms with Gasteiger partial charge in [-0.05, 0) is 47.2 Å². The number of nitrogens with one attached hydrogen (secondary N) is 1. The Labute approximate surface area is 121 Å². The van der Waals surface area contributed by atoms with Gasteiger partial charge in [0.2, 0.25) is 0 Å². The van der Waals surface area contributed by atoms with E-state index in [0.717, 1.165) is 6.54 Å². The van der Waals surface area contributed by atoms with Crippen LogP contribution in [0.4, 0.5) is 0 Å². The van der Waals surface area contributed by atoms with Crippen molar-refractivity contribution in [1.82, 2.24) is 5.32 Å². The molecule has 0 amide bonds. The van der Waals surface area contributed by atoms with Gasteiger partial charge >= 0.3 is 0 Å². The van der Waals surface area contributed by atoms with Crippen LogP contribution in [0.15, 0.2) is 29.6 Å². The summed E-state index contributed by atoms with van der Waals surface area (Å²) in [5.41, 5.74) is 1.52. The highest BCUT2D eigenvalue weighted by Gasteiger charge is 2.15. The van der Waals surface area contributed by atoms with Crippen molar-refractivity contribution in [3.8, 4) is 0 Å². The SMILES string of the molecule is CC(C)NCC(C)C(C)Cc1csc2ccccc12. The average molecular weight is 275 g/mol. The van der Waals surface area contributed by atoms with Crippen molar-refractivity contribution >= 4 is 21.4 Å². The average Bonchev–Trinajstić information content (AvgIpc) is 2.79. The van der Waals surface area contributed by atoms with E-state index in [1.54, 1.807) is 0 Å². The number of thiophene rings is 1. The molecule has 2 atom stereocenters.